The molecule has 2 rings (SSSR count). The zero-order valence-corrected chi connectivity index (χ0v) is 12.8. The highest BCUT2D eigenvalue weighted by atomic mass is 79.9. The van der Waals surface area contributed by atoms with Gasteiger partial charge in [0.05, 0.1) is 10.2 Å². The van der Waals surface area contributed by atoms with Crippen molar-refractivity contribution < 1.29 is 0 Å². The molecule has 1 aliphatic heterocycles. The molecular weight excluding hydrogens is 292 g/mol. The normalized spacial score (nSPS) is 15.8. The largest absolute Gasteiger partial charge is 0.369 e. The van der Waals surface area contributed by atoms with E-state index in [4.69, 9.17) is 0 Å². The first-order chi connectivity index (χ1) is 8.72. The molecule has 0 unspecified atom stereocenters. The van der Waals surface area contributed by atoms with Crippen LogP contribution in [-0.4, -0.2) is 29.6 Å². The van der Waals surface area contributed by atoms with Crippen LogP contribution in [0.25, 0.3) is 0 Å². The van der Waals surface area contributed by atoms with Crippen LogP contribution >= 0.6 is 15.9 Å². The standard InChI is InChI=1S/C13H21BrN4/c1-3-7-15-12-11(14)10(2)16-13(17-12)18-8-5-4-6-9-18/h3-9H2,1-2H3,(H,15,16,17). The van der Waals surface area contributed by atoms with Crippen molar-refractivity contribution in [3.8, 4) is 0 Å². The van der Waals surface area contributed by atoms with Crippen LogP contribution in [0.3, 0.4) is 0 Å². The molecule has 1 N–H and O–H groups in total. The molecule has 1 saturated heterocycles. The van der Waals surface area contributed by atoms with Crippen molar-refractivity contribution in [2.75, 3.05) is 29.9 Å². The van der Waals surface area contributed by atoms with Gasteiger partial charge in [-0.05, 0) is 48.5 Å². The predicted molar refractivity (Wildman–Crippen MR) is 79.3 cm³/mol. The molecule has 0 saturated carbocycles. The highest BCUT2D eigenvalue weighted by Gasteiger charge is 2.16. The number of rotatable bonds is 4. The highest BCUT2D eigenvalue weighted by Crippen LogP contribution is 2.26. The number of hydrogen-bond acceptors (Lipinski definition) is 4. The molecule has 4 nitrogen and oxygen atoms in total. The summed E-state index contributed by atoms with van der Waals surface area (Å²) >= 11 is 3.56. The van der Waals surface area contributed by atoms with E-state index in [1.807, 2.05) is 6.92 Å². The molecule has 18 heavy (non-hydrogen) atoms. The van der Waals surface area contributed by atoms with Crippen molar-refractivity contribution in [3.05, 3.63) is 10.2 Å². The Kier molecular flexibility index (Phi) is 4.80. The quantitative estimate of drug-likeness (QED) is 0.925. The summed E-state index contributed by atoms with van der Waals surface area (Å²) in [6, 6.07) is 0. The summed E-state index contributed by atoms with van der Waals surface area (Å²) in [7, 11) is 0. The van der Waals surface area contributed by atoms with Crippen LogP contribution in [0.4, 0.5) is 11.8 Å². The van der Waals surface area contributed by atoms with E-state index in [1.165, 1.54) is 19.3 Å². The topological polar surface area (TPSA) is 41.1 Å². The molecular formula is C13H21BrN4. The predicted octanol–water partition coefficient (Wildman–Crippen LogP) is 3.36. The second kappa shape index (κ2) is 6.36. The molecule has 1 aliphatic rings. The molecule has 1 aromatic heterocycles. The second-order valence-corrected chi connectivity index (χ2v) is 5.54. The Morgan fingerprint density at radius 3 is 2.61 bits per heavy atom. The summed E-state index contributed by atoms with van der Waals surface area (Å²) in [6.07, 6.45) is 4.91. The van der Waals surface area contributed by atoms with E-state index >= 15 is 0 Å². The second-order valence-electron chi connectivity index (χ2n) is 4.75. The highest BCUT2D eigenvalue weighted by molar-refractivity contribution is 9.10. The third-order valence-corrected chi connectivity index (χ3v) is 4.14. The van der Waals surface area contributed by atoms with Crippen LogP contribution in [0, 0.1) is 6.92 Å². The van der Waals surface area contributed by atoms with E-state index in [-0.39, 0.29) is 0 Å². The van der Waals surface area contributed by atoms with Gasteiger partial charge in [0.15, 0.2) is 0 Å². The molecule has 5 heteroatoms. The van der Waals surface area contributed by atoms with Crippen LogP contribution < -0.4 is 10.2 Å². The Hall–Kier alpha value is -0.840. The Balaban J connectivity index is 2.22. The minimum atomic E-state index is 0.869. The van der Waals surface area contributed by atoms with Gasteiger partial charge in [-0.25, -0.2) is 4.98 Å². The average molecular weight is 313 g/mol. The van der Waals surface area contributed by atoms with Crippen LogP contribution in [0.5, 0.6) is 0 Å². The Morgan fingerprint density at radius 2 is 1.94 bits per heavy atom. The van der Waals surface area contributed by atoms with Crippen LogP contribution in [0.15, 0.2) is 4.47 Å². The minimum absolute atomic E-state index is 0.869. The summed E-state index contributed by atoms with van der Waals surface area (Å²) in [5.74, 6) is 1.79. The molecule has 0 aliphatic carbocycles. The van der Waals surface area contributed by atoms with Gasteiger partial charge in [0.2, 0.25) is 5.95 Å². The summed E-state index contributed by atoms with van der Waals surface area (Å²) in [5.41, 5.74) is 1.00. The molecule has 0 bridgehead atoms. The van der Waals surface area contributed by atoms with Gasteiger partial charge in [-0.1, -0.05) is 6.92 Å². The molecule has 0 amide bonds. The van der Waals surface area contributed by atoms with E-state index in [1.54, 1.807) is 0 Å². The van der Waals surface area contributed by atoms with E-state index in [0.29, 0.717) is 0 Å². The summed E-state index contributed by atoms with van der Waals surface area (Å²) < 4.78 is 0.983. The maximum absolute atomic E-state index is 4.65. The van der Waals surface area contributed by atoms with Crippen molar-refractivity contribution in [1.82, 2.24) is 9.97 Å². The lowest BCUT2D eigenvalue weighted by molar-refractivity contribution is 0.567. The number of piperidine rings is 1. The van der Waals surface area contributed by atoms with Gasteiger partial charge in [-0.2, -0.15) is 4.98 Å². The van der Waals surface area contributed by atoms with Gasteiger partial charge >= 0.3 is 0 Å². The molecule has 100 valence electrons. The summed E-state index contributed by atoms with van der Waals surface area (Å²) in [4.78, 5) is 11.5. The Labute approximate surface area is 117 Å². The lowest BCUT2D eigenvalue weighted by Gasteiger charge is -2.27. The van der Waals surface area contributed by atoms with E-state index in [2.05, 4.69) is 43.0 Å². The third-order valence-electron chi connectivity index (χ3n) is 3.19. The number of anilines is 2. The van der Waals surface area contributed by atoms with E-state index < -0.39 is 0 Å². The van der Waals surface area contributed by atoms with E-state index in [0.717, 1.165) is 48.0 Å². The molecule has 0 spiro atoms. The Bertz CT molecular complexity index is 402. The van der Waals surface area contributed by atoms with Gasteiger partial charge in [0.25, 0.3) is 0 Å². The van der Waals surface area contributed by atoms with Crippen molar-refractivity contribution in [1.29, 1.82) is 0 Å². The number of aromatic nitrogens is 2. The fourth-order valence-electron chi connectivity index (χ4n) is 2.14. The smallest absolute Gasteiger partial charge is 0.227 e. The van der Waals surface area contributed by atoms with Crippen molar-refractivity contribution in [2.24, 2.45) is 0 Å². The zero-order valence-electron chi connectivity index (χ0n) is 11.2. The van der Waals surface area contributed by atoms with E-state index in [9.17, 15) is 0 Å². The molecule has 1 aromatic rings. The SMILES string of the molecule is CCCNc1nc(N2CCCCC2)nc(C)c1Br. The number of nitrogens with zero attached hydrogens (tertiary/aromatic N) is 3. The molecule has 0 aromatic carbocycles. The monoisotopic (exact) mass is 312 g/mol. The number of nitrogens with one attached hydrogen (secondary N) is 1. The average Bonchev–Trinajstić information content (AvgIpc) is 2.41. The Morgan fingerprint density at radius 1 is 1.22 bits per heavy atom. The fraction of sp³-hybridized carbons (Fsp3) is 0.692. The van der Waals surface area contributed by atoms with Crippen molar-refractivity contribution in [2.45, 2.75) is 39.5 Å². The minimum Gasteiger partial charge on any atom is -0.369 e. The zero-order chi connectivity index (χ0) is 13.0. The lowest BCUT2D eigenvalue weighted by atomic mass is 10.1. The van der Waals surface area contributed by atoms with Crippen LogP contribution in [0.2, 0.25) is 0 Å². The van der Waals surface area contributed by atoms with Gasteiger partial charge in [-0.3, -0.25) is 0 Å². The summed E-state index contributed by atoms with van der Waals surface area (Å²) in [5, 5.41) is 3.36. The third kappa shape index (κ3) is 3.13. The van der Waals surface area contributed by atoms with Gasteiger partial charge in [0.1, 0.15) is 5.82 Å². The maximum atomic E-state index is 4.65. The number of aryl methyl sites for hydroxylation is 1. The van der Waals surface area contributed by atoms with Crippen LogP contribution in [-0.2, 0) is 0 Å². The van der Waals surface area contributed by atoms with Gasteiger partial charge in [-0.15, -0.1) is 0 Å². The van der Waals surface area contributed by atoms with Gasteiger partial charge < -0.3 is 10.2 Å². The maximum Gasteiger partial charge on any atom is 0.227 e. The molecule has 1 fully saturated rings. The summed E-state index contributed by atoms with van der Waals surface area (Å²) in [6.45, 7) is 7.27. The van der Waals surface area contributed by atoms with Crippen LogP contribution in [0.1, 0.15) is 38.3 Å². The molecule has 0 radical (unpaired) electrons. The van der Waals surface area contributed by atoms with Gasteiger partial charge in [0, 0.05) is 19.6 Å². The molecule has 0 atom stereocenters. The first-order valence-corrected chi connectivity index (χ1v) is 7.54. The fourth-order valence-corrected chi connectivity index (χ4v) is 2.46. The number of hydrogen-bond donors (Lipinski definition) is 1. The first kappa shape index (κ1) is 13.6. The molecule has 2 heterocycles. The van der Waals surface area contributed by atoms with Crippen molar-refractivity contribution >= 4 is 27.7 Å². The lowest BCUT2D eigenvalue weighted by Crippen LogP contribution is -2.31. The van der Waals surface area contributed by atoms with Crippen molar-refractivity contribution in [3.63, 3.8) is 0 Å². The number of halogens is 1. The first-order valence-electron chi connectivity index (χ1n) is 6.75.